The molecule has 3 aromatic rings. The van der Waals surface area contributed by atoms with Crippen LogP contribution in [0, 0.1) is 0 Å². The van der Waals surface area contributed by atoms with Crippen molar-refractivity contribution in [1.29, 1.82) is 0 Å². The zero-order valence-corrected chi connectivity index (χ0v) is 16.7. The molecule has 1 fully saturated rings. The second kappa shape index (κ2) is 8.02. The van der Waals surface area contributed by atoms with Crippen molar-refractivity contribution in [2.75, 3.05) is 0 Å². The van der Waals surface area contributed by atoms with E-state index in [1.165, 1.54) is 18.2 Å². The molecule has 2 aromatic heterocycles. The molecule has 1 aromatic carbocycles. The largest absolute Gasteiger partial charge is 0.424 e. The quantitative estimate of drug-likeness (QED) is 0.449. The SMILES string of the molecule is CCc1nnc(CSc2nc3cc(Cl)ccc3c(=O)n2C2CCCCC2)o1. The van der Waals surface area contributed by atoms with Crippen LogP contribution in [-0.2, 0) is 12.2 Å². The summed E-state index contributed by atoms with van der Waals surface area (Å²) in [6.07, 6.45) is 6.24. The summed E-state index contributed by atoms with van der Waals surface area (Å²) in [5.74, 6) is 1.65. The molecule has 0 N–H and O–H groups in total. The molecule has 0 aliphatic heterocycles. The molecule has 0 saturated heterocycles. The molecule has 0 atom stereocenters. The lowest BCUT2D eigenvalue weighted by Gasteiger charge is -2.26. The first kappa shape index (κ1) is 18.5. The predicted octanol–water partition coefficient (Wildman–Crippen LogP) is 4.79. The average Bonchev–Trinajstić information content (AvgIpc) is 3.15. The Morgan fingerprint density at radius 1 is 1.22 bits per heavy atom. The minimum absolute atomic E-state index is 0.00541. The smallest absolute Gasteiger partial charge is 0.262 e. The maximum absolute atomic E-state index is 13.2. The Morgan fingerprint density at radius 2 is 2.00 bits per heavy atom. The lowest BCUT2D eigenvalue weighted by Crippen LogP contribution is -2.29. The molecule has 4 rings (SSSR count). The van der Waals surface area contributed by atoms with Crippen LogP contribution in [0.15, 0.2) is 32.6 Å². The van der Waals surface area contributed by atoms with E-state index in [0.29, 0.717) is 45.0 Å². The van der Waals surface area contributed by atoms with Crippen molar-refractivity contribution in [3.8, 4) is 0 Å². The van der Waals surface area contributed by atoms with Crippen molar-refractivity contribution in [2.24, 2.45) is 0 Å². The fraction of sp³-hybridized carbons (Fsp3) is 0.474. The molecule has 0 amide bonds. The molecule has 8 heteroatoms. The Kier molecular flexibility index (Phi) is 5.50. The van der Waals surface area contributed by atoms with Gasteiger partial charge in [-0.25, -0.2) is 4.98 Å². The molecule has 1 aliphatic rings. The van der Waals surface area contributed by atoms with Gasteiger partial charge >= 0.3 is 0 Å². The maximum Gasteiger partial charge on any atom is 0.262 e. The molecular weight excluding hydrogens is 384 g/mol. The molecule has 6 nitrogen and oxygen atoms in total. The van der Waals surface area contributed by atoms with E-state index in [4.69, 9.17) is 21.0 Å². The summed E-state index contributed by atoms with van der Waals surface area (Å²) >= 11 is 7.58. The summed E-state index contributed by atoms with van der Waals surface area (Å²) in [5, 5.41) is 9.95. The molecule has 1 aliphatic carbocycles. The average molecular weight is 405 g/mol. The summed E-state index contributed by atoms with van der Waals surface area (Å²) in [5.41, 5.74) is 0.632. The van der Waals surface area contributed by atoms with Crippen molar-refractivity contribution in [1.82, 2.24) is 19.7 Å². The third kappa shape index (κ3) is 3.89. The monoisotopic (exact) mass is 404 g/mol. The van der Waals surface area contributed by atoms with Gasteiger partial charge in [-0.05, 0) is 31.0 Å². The van der Waals surface area contributed by atoms with Crippen molar-refractivity contribution >= 4 is 34.3 Å². The van der Waals surface area contributed by atoms with Crippen molar-refractivity contribution in [2.45, 2.75) is 62.4 Å². The Hall–Kier alpha value is -1.86. The van der Waals surface area contributed by atoms with Crippen LogP contribution in [0.4, 0.5) is 0 Å². The van der Waals surface area contributed by atoms with Gasteiger partial charge in [-0.15, -0.1) is 10.2 Å². The summed E-state index contributed by atoms with van der Waals surface area (Å²) in [6.45, 7) is 1.97. The van der Waals surface area contributed by atoms with Crippen LogP contribution >= 0.6 is 23.4 Å². The summed E-state index contributed by atoms with van der Waals surface area (Å²) in [4.78, 5) is 18.0. The van der Waals surface area contributed by atoms with E-state index in [0.717, 1.165) is 25.7 Å². The third-order valence-electron chi connectivity index (χ3n) is 4.91. The number of hydrogen-bond acceptors (Lipinski definition) is 6. The predicted molar refractivity (Wildman–Crippen MR) is 106 cm³/mol. The minimum Gasteiger partial charge on any atom is -0.424 e. The normalized spacial score (nSPS) is 15.5. The van der Waals surface area contributed by atoms with Crippen LogP contribution in [0.25, 0.3) is 10.9 Å². The van der Waals surface area contributed by atoms with E-state index >= 15 is 0 Å². The summed E-state index contributed by atoms with van der Waals surface area (Å²) in [7, 11) is 0. The molecule has 1 saturated carbocycles. The van der Waals surface area contributed by atoms with Crippen LogP contribution < -0.4 is 5.56 Å². The minimum atomic E-state index is 0.00541. The van der Waals surface area contributed by atoms with Gasteiger partial charge in [0, 0.05) is 17.5 Å². The fourth-order valence-electron chi connectivity index (χ4n) is 3.53. The highest BCUT2D eigenvalue weighted by atomic mass is 35.5. The van der Waals surface area contributed by atoms with Crippen LogP contribution in [0.2, 0.25) is 5.02 Å². The molecule has 142 valence electrons. The van der Waals surface area contributed by atoms with Gasteiger partial charge < -0.3 is 4.42 Å². The van der Waals surface area contributed by atoms with Crippen LogP contribution in [-0.4, -0.2) is 19.7 Å². The molecule has 0 spiro atoms. The number of halogens is 1. The molecule has 0 bridgehead atoms. The summed E-state index contributed by atoms with van der Waals surface area (Å²) < 4.78 is 7.47. The van der Waals surface area contributed by atoms with Gasteiger partial charge in [0.1, 0.15) is 0 Å². The van der Waals surface area contributed by atoms with Crippen LogP contribution in [0.1, 0.15) is 56.9 Å². The van der Waals surface area contributed by atoms with Crippen LogP contribution in [0.5, 0.6) is 0 Å². The molecular formula is C19H21ClN4O2S. The van der Waals surface area contributed by atoms with E-state index in [1.807, 2.05) is 11.5 Å². The number of aromatic nitrogens is 4. The standard InChI is InChI=1S/C19H21ClN4O2S/c1-2-16-22-23-17(26-16)11-27-19-21-15-10-12(20)8-9-14(15)18(25)24(19)13-6-4-3-5-7-13/h8-10,13H,2-7,11H2,1H3. The Balaban J connectivity index is 1.74. The van der Waals surface area contributed by atoms with E-state index in [-0.39, 0.29) is 11.6 Å². The third-order valence-corrected chi connectivity index (χ3v) is 6.08. The van der Waals surface area contributed by atoms with E-state index < -0.39 is 0 Å². The maximum atomic E-state index is 13.2. The lowest BCUT2D eigenvalue weighted by molar-refractivity contribution is 0.326. The molecule has 2 heterocycles. The zero-order chi connectivity index (χ0) is 18.8. The van der Waals surface area contributed by atoms with Gasteiger partial charge in [0.2, 0.25) is 11.8 Å². The zero-order valence-electron chi connectivity index (χ0n) is 15.2. The fourth-order valence-corrected chi connectivity index (χ4v) is 4.60. The number of hydrogen-bond donors (Lipinski definition) is 0. The Labute approximate surface area is 166 Å². The highest BCUT2D eigenvalue weighted by molar-refractivity contribution is 7.98. The number of nitrogens with zero attached hydrogens (tertiary/aromatic N) is 4. The highest BCUT2D eigenvalue weighted by Gasteiger charge is 2.22. The van der Waals surface area contributed by atoms with Gasteiger partial charge in [-0.2, -0.15) is 0 Å². The van der Waals surface area contributed by atoms with Gasteiger partial charge in [0.15, 0.2) is 5.16 Å². The van der Waals surface area contributed by atoms with Crippen molar-refractivity contribution in [3.05, 3.63) is 45.4 Å². The first-order valence-electron chi connectivity index (χ1n) is 9.31. The molecule has 27 heavy (non-hydrogen) atoms. The van der Waals surface area contributed by atoms with Gasteiger partial charge in [0.05, 0.1) is 16.7 Å². The first-order valence-corrected chi connectivity index (χ1v) is 10.7. The number of benzene rings is 1. The van der Waals surface area contributed by atoms with E-state index in [1.54, 1.807) is 18.2 Å². The second-order valence-corrected chi connectivity index (χ2v) is 8.13. The van der Waals surface area contributed by atoms with Gasteiger partial charge in [-0.3, -0.25) is 9.36 Å². The van der Waals surface area contributed by atoms with E-state index in [2.05, 4.69) is 10.2 Å². The van der Waals surface area contributed by atoms with E-state index in [9.17, 15) is 4.79 Å². The molecule has 0 radical (unpaired) electrons. The first-order chi connectivity index (χ1) is 13.2. The number of thioether (sulfide) groups is 1. The second-order valence-electron chi connectivity index (χ2n) is 6.75. The van der Waals surface area contributed by atoms with Crippen molar-refractivity contribution in [3.63, 3.8) is 0 Å². The highest BCUT2D eigenvalue weighted by Crippen LogP contribution is 2.32. The number of rotatable bonds is 5. The van der Waals surface area contributed by atoms with Crippen LogP contribution in [0.3, 0.4) is 0 Å². The van der Waals surface area contributed by atoms with Crippen molar-refractivity contribution < 1.29 is 4.42 Å². The lowest BCUT2D eigenvalue weighted by atomic mass is 9.95. The molecule has 0 unspecified atom stereocenters. The van der Waals surface area contributed by atoms with Gasteiger partial charge in [0.25, 0.3) is 5.56 Å². The number of aryl methyl sites for hydroxylation is 1. The Bertz CT molecular complexity index is 1010. The number of fused-ring (bicyclic) bond motifs is 1. The van der Waals surface area contributed by atoms with Gasteiger partial charge in [-0.1, -0.05) is 49.5 Å². The summed E-state index contributed by atoms with van der Waals surface area (Å²) in [6, 6.07) is 5.45. The Morgan fingerprint density at radius 3 is 2.74 bits per heavy atom. The topological polar surface area (TPSA) is 73.8 Å².